The van der Waals surface area contributed by atoms with Crippen LogP contribution in [0.15, 0.2) is 66.7 Å². The number of halogens is 6. The average molecular weight is 533 g/mol. The second-order valence-corrected chi connectivity index (χ2v) is 8.90. The van der Waals surface area contributed by atoms with Gasteiger partial charge in [0.2, 0.25) is 0 Å². The Labute approximate surface area is 213 Å². The first-order valence-corrected chi connectivity index (χ1v) is 11.7. The molecule has 3 aromatic carbocycles. The van der Waals surface area contributed by atoms with Crippen molar-refractivity contribution in [2.75, 3.05) is 13.7 Å². The van der Waals surface area contributed by atoms with Gasteiger partial charge >= 0.3 is 12.4 Å². The van der Waals surface area contributed by atoms with E-state index >= 15 is 0 Å². The highest BCUT2D eigenvalue weighted by Gasteiger charge is 2.42. The van der Waals surface area contributed by atoms with E-state index in [0.717, 1.165) is 5.52 Å². The van der Waals surface area contributed by atoms with Crippen LogP contribution in [0.4, 0.5) is 26.3 Å². The molecule has 0 saturated carbocycles. The summed E-state index contributed by atoms with van der Waals surface area (Å²) in [7, 11) is 1.53. The van der Waals surface area contributed by atoms with Crippen molar-refractivity contribution in [3.63, 3.8) is 0 Å². The minimum Gasteiger partial charge on any atom is -0.497 e. The first kappa shape index (κ1) is 25.6. The molecule has 0 spiro atoms. The number of fused-ring (bicyclic) bond motifs is 1. The second-order valence-electron chi connectivity index (χ2n) is 8.90. The van der Waals surface area contributed by atoms with E-state index in [4.69, 9.17) is 9.72 Å². The summed E-state index contributed by atoms with van der Waals surface area (Å²) >= 11 is 0. The van der Waals surface area contributed by atoms with Crippen LogP contribution in [0.5, 0.6) is 5.75 Å². The van der Waals surface area contributed by atoms with Crippen molar-refractivity contribution in [1.82, 2.24) is 14.5 Å². The van der Waals surface area contributed by atoms with Crippen LogP contribution < -0.4 is 4.74 Å². The predicted octanol–water partition coefficient (Wildman–Crippen LogP) is 7.05. The van der Waals surface area contributed by atoms with Gasteiger partial charge in [-0.2, -0.15) is 26.3 Å². The lowest BCUT2D eigenvalue weighted by atomic mass is 10.0. The van der Waals surface area contributed by atoms with Gasteiger partial charge in [0.1, 0.15) is 11.6 Å². The maximum atomic E-state index is 13.8. The lowest BCUT2D eigenvalue weighted by Crippen LogP contribution is -2.33. The lowest BCUT2D eigenvalue weighted by molar-refractivity contribution is -0.143. The van der Waals surface area contributed by atoms with Gasteiger partial charge in [-0.3, -0.25) is 9.36 Å². The Morgan fingerprint density at radius 2 is 1.66 bits per heavy atom. The minimum absolute atomic E-state index is 0.00902. The highest BCUT2D eigenvalue weighted by molar-refractivity contribution is 5.96. The molecule has 0 unspecified atom stereocenters. The van der Waals surface area contributed by atoms with Gasteiger partial charge in [0.25, 0.3) is 5.91 Å². The van der Waals surface area contributed by atoms with E-state index in [0.29, 0.717) is 47.8 Å². The molecule has 5 rings (SSSR count). The molecule has 2 heterocycles. The fraction of sp³-hybridized carbons (Fsp3) is 0.259. The molecule has 1 amide bonds. The highest BCUT2D eigenvalue weighted by atomic mass is 19.4. The fourth-order valence-electron chi connectivity index (χ4n) is 4.85. The number of ether oxygens (including phenoxy) is 1. The molecule has 198 valence electrons. The van der Waals surface area contributed by atoms with Crippen molar-refractivity contribution in [1.29, 1.82) is 0 Å². The molecule has 1 atom stereocenters. The molecular formula is C27H21F6N3O2. The van der Waals surface area contributed by atoms with Crippen molar-refractivity contribution in [3.05, 3.63) is 89.2 Å². The summed E-state index contributed by atoms with van der Waals surface area (Å²) in [5.41, 5.74) is -1.85. The van der Waals surface area contributed by atoms with Crippen LogP contribution in [0, 0.1) is 0 Å². The van der Waals surface area contributed by atoms with Crippen molar-refractivity contribution < 1.29 is 35.9 Å². The summed E-state index contributed by atoms with van der Waals surface area (Å²) in [6, 6.07) is 14.8. The molecule has 1 aromatic heterocycles. The average Bonchev–Trinajstić information content (AvgIpc) is 3.52. The second kappa shape index (κ2) is 9.38. The van der Waals surface area contributed by atoms with E-state index in [1.807, 2.05) is 16.7 Å². The van der Waals surface area contributed by atoms with E-state index in [1.54, 1.807) is 36.4 Å². The Morgan fingerprint density at radius 3 is 2.32 bits per heavy atom. The summed E-state index contributed by atoms with van der Waals surface area (Å²) in [5, 5.41) is 0. The molecule has 0 radical (unpaired) electrons. The van der Waals surface area contributed by atoms with Crippen LogP contribution >= 0.6 is 0 Å². The number of likely N-dealkylation sites (tertiary alicyclic amines) is 1. The van der Waals surface area contributed by atoms with Crippen LogP contribution in [-0.2, 0) is 12.4 Å². The Hall–Kier alpha value is -4.02. The van der Waals surface area contributed by atoms with Gasteiger partial charge in [-0.15, -0.1) is 0 Å². The van der Waals surface area contributed by atoms with Crippen LogP contribution in [0.3, 0.4) is 0 Å². The molecule has 0 N–H and O–H groups in total. The summed E-state index contributed by atoms with van der Waals surface area (Å²) in [5.74, 6) is 0.0731. The zero-order valence-electron chi connectivity index (χ0n) is 20.0. The van der Waals surface area contributed by atoms with E-state index in [1.165, 1.54) is 12.0 Å². The van der Waals surface area contributed by atoms with Crippen LogP contribution in [0.1, 0.15) is 46.2 Å². The Bertz CT molecular complexity index is 1490. The van der Waals surface area contributed by atoms with E-state index < -0.39 is 41.0 Å². The molecular weight excluding hydrogens is 512 g/mol. The molecule has 11 heteroatoms. The number of benzene rings is 3. The van der Waals surface area contributed by atoms with Crippen molar-refractivity contribution in [2.24, 2.45) is 0 Å². The van der Waals surface area contributed by atoms with Crippen molar-refractivity contribution in [3.8, 4) is 11.4 Å². The number of hydrogen-bond donors (Lipinski definition) is 0. The number of imidazole rings is 1. The van der Waals surface area contributed by atoms with Crippen molar-refractivity contribution in [2.45, 2.75) is 31.2 Å². The largest absolute Gasteiger partial charge is 0.497 e. The van der Waals surface area contributed by atoms with Gasteiger partial charge in [-0.1, -0.05) is 12.1 Å². The molecule has 1 saturated heterocycles. The molecule has 4 aromatic rings. The van der Waals surface area contributed by atoms with Gasteiger partial charge in [-0.05, 0) is 67.4 Å². The van der Waals surface area contributed by atoms with Crippen LogP contribution in [0.2, 0.25) is 0 Å². The van der Waals surface area contributed by atoms with Crippen LogP contribution in [0.25, 0.3) is 16.7 Å². The summed E-state index contributed by atoms with van der Waals surface area (Å²) in [6.45, 7) is 0.133. The normalized spacial score (nSPS) is 16.3. The number of nitrogens with zero attached hydrogens (tertiary/aromatic N) is 3. The number of carbonyl (C=O) groups excluding carboxylic acids is 1. The maximum Gasteiger partial charge on any atom is 0.417 e. The predicted molar refractivity (Wildman–Crippen MR) is 127 cm³/mol. The van der Waals surface area contributed by atoms with E-state index in [2.05, 4.69) is 0 Å². The number of amides is 1. The molecule has 38 heavy (non-hydrogen) atoms. The van der Waals surface area contributed by atoms with Gasteiger partial charge < -0.3 is 9.64 Å². The molecule has 5 nitrogen and oxygen atoms in total. The molecule has 0 bridgehead atoms. The van der Waals surface area contributed by atoms with Gasteiger partial charge in [0.05, 0.1) is 40.9 Å². The third-order valence-corrected chi connectivity index (χ3v) is 6.61. The van der Waals surface area contributed by atoms with Crippen molar-refractivity contribution >= 4 is 16.9 Å². The maximum absolute atomic E-state index is 13.8. The number of alkyl halides is 6. The molecule has 0 aliphatic carbocycles. The third kappa shape index (κ3) is 4.57. The Balaban J connectivity index is 1.60. The van der Waals surface area contributed by atoms with E-state index in [9.17, 15) is 31.1 Å². The SMILES string of the molecule is COc1ccc(-n2c([C@H]3CCCN3C(=O)c3ccc(C(F)(F)F)cc3C(F)(F)F)nc3ccccc32)cc1. The number of carbonyl (C=O) groups is 1. The van der Waals surface area contributed by atoms with Crippen LogP contribution in [-0.4, -0.2) is 34.0 Å². The van der Waals surface area contributed by atoms with E-state index in [-0.39, 0.29) is 12.6 Å². The van der Waals surface area contributed by atoms with Gasteiger partial charge in [0, 0.05) is 12.2 Å². The first-order valence-electron chi connectivity index (χ1n) is 11.7. The molecule has 1 aliphatic rings. The first-order chi connectivity index (χ1) is 18.0. The minimum atomic E-state index is -5.16. The standard InChI is InChI=1S/C27H21F6N3O2/c1-38-18-11-9-17(10-12-18)36-22-6-3-2-5-21(22)34-24(36)23-7-4-14-35(23)25(37)19-13-8-16(26(28,29)30)15-20(19)27(31,32)33/h2-3,5-6,8-13,15,23H,4,7,14H2,1H3/t23-/m1/s1. The molecule has 1 aliphatic heterocycles. The van der Waals surface area contributed by atoms with Gasteiger partial charge in [0.15, 0.2) is 0 Å². The number of hydrogen-bond acceptors (Lipinski definition) is 3. The third-order valence-electron chi connectivity index (χ3n) is 6.61. The number of para-hydroxylation sites is 2. The fourth-order valence-corrected chi connectivity index (χ4v) is 4.85. The number of aromatic nitrogens is 2. The summed E-state index contributed by atoms with van der Waals surface area (Å²) in [6.07, 6.45) is -9.23. The summed E-state index contributed by atoms with van der Waals surface area (Å²) < 4.78 is 87.9. The zero-order chi connectivity index (χ0) is 27.2. The number of methoxy groups -OCH3 is 1. The lowest BCUT2D eigenvalue weighted by Gasteiger charge is -2.27. The Morgan fingerprint density at radius 1 is 0.947 bits per heavy atom. The number of rotatable bonds is 4. The Kier molecular flexibility index (Phi) is 6.32. The molecule has 1 fully saturated rings. The topological polar surface area (TPSA) is 47.4 Å². The summed E-state index contributed by atoms with van der Waals surface area (Å²) in [4.78, 5) is 19.5. The smallest absolute Gasteiger partial charge is 0.417 e. The zero-order valence-corrected chi connectivity index (χ0v) is 20.0. The highest BCUT2D eigenvalue weighted by Crippen LogP contribution is 2.41. The van der Waals surface area contributed by atoms with Gasteiger partial charge in [-0.25, -0.2) is 4.98 Å². The monoisotopic (exact) mass is 533 g/mol. The quantitative estimate of drug-likeness (QED) is 0.264.